The molecule has 1 aromatic heterocycles. The number of benzene rings is 1. The lowest BCUT2D eigenvalue weighted by atomic mass is 9.77. The first-order valence-corrected chi connectivity index (χ1v) is 13.8. The van der Waals surface area contributed by atoms with Crippen molar-refractivity contribution in [3.63, 3.8) is 0 Å². The number of hydrogen-bond acceptors (Lipinski definition) is 8. The van der Waals surface area contributed by atoms with Gasteiger partial charge < -0.3 is 15.4 Å². The number of sulfonamides is 1. The molecule has 37 heavy (non-hydrogen) atoms. The first-order chi connectivity index (χ1) is 17.5. The molecule has 0 radical (unpaired) electrons. The Balaban J connectivity index is 1.54. The molecule has 3 heterocycles. The second kappa shape index (κ2) is 9.05. The number of ketones is 1. The molecule has 2 atom stereocenters. The molecule has 1 aliphatic carbocycles. The Morgan fingerprint density at radius 1 is 1.27 bits per heavy atom. The minimum Gasteiger partial charge on any atom is -0.495 e. The van der Waals surface area contributed by atoms with Gasteiger partial charge in [0.1, 0.15) is 27.5 Å². The fraction of sp³-hybridized carbons (Fsp3) is 0.500. The minimum absolute atomic E-state index is 0.0324. The van der Waals surface area contributed by atoms with Gasteiger partial charge in [-0.15, -0.1) is 0 Å². The van der Waals surface area contributed by atoms with Gasteiger partial charge in [-0.2, -0.15) is 0 Å². The third-order valence-electron chi connectivity index (χ3n) is 8.10. The van der Waals surface area contributed by atoms with Crippen LogP contribution in [-0.2, 0) is 22.0 Å². The monoisotopic (exact) mass is 529 g/mol. The van der Waals surface area contributed by atoms with Crippen LogP contribution in [0.25, 0.3) is 0 Å². The maximum absolute atomic E-state index is 15.5. The molecule has 2 N–H and O–H groups in total. The van der Waals surface area contributed by atoms with Crippen LogP contribution in [0, 0.1) is 11.7 Å². The summed E-state index contributed by atoms with van der Waals surface area (Å²) in [6.07, 6.45) is 4.02. The van der Waals surface area contributed by atoms with Gasteiger partial charge in [-0.05, 0) is 68.5 Å². The zero-order valence-electron chi connectivity index (χ0n) is 21.3. The van der Waals surface area contributed by atoms with Crippen molar-refractivity contribution in [1.82, 2.24) is 14.2 Å². The van der Waals surface area contributed by atoms with E-state index in [0.29, 0.717) is 30.2 Å². The Hall–Kier alpha value is -3.05. The van der Waals surface area contributed by atoms with Gasteiger partial charge in [-0.1, -0.05) is 6.07 Å². The quantitative estimate of drug-likeness (QED) is 0.547. The number of hydrogen-bond donors (Lipinski definition) is 1. The van der Waals surface area contributed by atoms with Crippen molar-refractivity contribution in [3.8, 4) is 5.75 Å². The molecule has 198 valence electrons. The predicted molar refractivity (Wildman–Crippen MR) is 137 cm³/mol. The molecule has 1 saturated heterocycles. The second-order valence-corrected chi connectivity index (χ2v) is 12.7. The normalized spacial score (nSPS) is 27.4. The molecule has 1 spiro atoms. The Morgan fingerprint density at radius 2 is 2.03 bits per heavy atom. The molecule has 5 rings (SSSR count). The first kappa shape index (κ1) is 25.6. The topological polar surface area (TPSA) is 118 Å². The summed E-state index contributed by atoms with van der Waals surface area (Å²) in [5, 5.41) is 0. The highest BCUT2D eigenvalue weighted by atomic mass is 32.2. The zero-order chi connectivity index (χ0) is 26.6. The Labute approximate surface area is 216 Å². The number of carbonyl (C=O) groups excluding carboxylic acids is 1. The van der Waals surface area contributed by atoms with Gasteiger partial charge in [0.05, 0.1) is 13.3 Å². The highest BCUT2D eigenvalue weighted by Gasteiger charge is 2.66. The van der Waals surface area contributed by atoms with Crippen LogP contribution in [0.2, 0.25) is 0 Å². The molecule has 11 heteroatoms. The van der Waals surface area contributed by atoms with Gasteiger partial charge in [0, 0.05) is 32.1 Å². The van der Waals surface area contributed by atoms with E-state index in [1.807, 2.05) is 0 Å². The van der Waals surface area contributed by atoms with Gasteiger partial charge in [-0.3, -0.25) is 4.79 Å². The molecule has 1 aromatic carbocycles. The summed E-state index contributed by atoms with van der Waals surface area (Å²) in [4.78, 5) is 23.9. The maximum atomic E-state index is 15.5. The number of halogens is 1. The third-order valence-corrected chi connectivity index (χ3v) is 10.7. The molecule has 2 aliphatic heterocycles. The molecule has 1 saturated carbocycles. The predicted octanol–water partition coefficient (Wildman–Crippen LogP) is 2.31. The number of nitrogens with two attached hydrogens (primary N) is 1. The van der Waals surface area contributed by atoms with E-state index in [1.54, 1.807) is 25.1 Å². The van der Waals surface area contributed by atoms with E-state index in [-0.39, 0.29) is 36.0 Å². The average Bonchev–Trinajstić information content (AvgIpc) is 3.58. The van der Waals surface area contributed by atoms with Crippen molar-refractivity contribution < 1.29 is 22.3 Å². The van der Waals surface area contributed by atoms with Crippen LogP contribution < -0.4 is 10.5 Å². The number of Topliss-reactive ketones (excluding diaryl/α,β-unsaturated/α-hetero) is 1. The largest absolute Gasteiger partial charge is 0.495 e. The van der Waals surface area contributed by atoms with E-state index in [2.05, 4.69) is 14.9 Å². The van der Waals surface area contributed by atoms with E-state index < -0.39 is 26.1 Å². The summed E-state index contributed by atoms with van der Waals surface area (Å²) in [5.41, 5.74) is 5.52. The molecular weight excluding hydrogens is 497 g/mol. The highest BCUT2D eigenvalue weighted by Crippen LogP contribution is 2.52. The van der Waals surface area contributed by atoms with Crippen molar-refractivity contribution in [3.05, 3.63) is 59.2 Å². The summed E-state index contributed by atoms with van der Waals surface area (Å²) in [6, 6.07) is 7.57. The lowest BCUT2D eigenvalue weighted by Crippen LogP contribution is -2.66. The molecular formula is C26H32FN5O4S. The van der Waals surface area contributed by atoms with E-state index in [1.165, 1.54) is 32.5 Å². The van der Waals surface area contributed by atoms with Crippen molar-refractivity contribution >= 4 is 21.8 Å². The standard InChI is InChI=1S/C26H32FN5O4S/c1-25(20-12-18(6-8-21(20)27)13-23(33)22-9-7-19(36-3)14-29-22)26(37(34,35)31(2)24(28)30-25)10-11-32(16-26)15-17-4-5-17/h6-9,12,14,17H,4-5,10-11,13,15-16H2,1-3H3,(H2,28,30)/t25-,26+/m1/s1. The van der Waals surface area contributed by atoms with Crippen LogP contribution in [0.1, 0.15) is 47.8 Å². The van der Waals surface area contributed by atoms with E-state index >= 15 is 4.39 Å². The number of nitrogens with zero attached hydrogens (tertiary/aromatic N) is 4. The fourth-order valence-electron chi connectivity index (χ4n) is 5.63. The summed E-state index contributed by atoms with van der Waals surface area (Å²) in [6.45, 7) is 3.29. The van der Waals surface area contributed by atoms with Crippen LogP contribution in [-0.4, -0.2) is 72.9 Å². The SMILES string of the molecule is COc1ccc(C(=O)Cc2ccc(F)c([C@@]3(C)N=C(N)N(C)S(=O)(=O)[C@]34CCN(CC3CC3)C4)c2)nc1. The smallest absolute Gasteiger partial charge is 0.247 e. The van der Waals surface area contributed by atoms with Crippen LogP contribution in [0.4, 0.5) is 4.39 Å². The molecule has 9 nitrogen and oxygen atoms in total. The number of aliphatic imine (C=N–C) groups is 1. The molecule has 3 aliphatic rings. The number of methoxy groups -OCH3 is 1. The van der Waals surface area contributed by atoms with E-state index in [4.69, 9.17) is 10.5 Å². The summed E-state index contributed by atoms with van der Waals surface area (Å²) in [5.74, 6) is 0.0898. The molecule has 2 aromatic rings. The molecule has 0 unspecified atom stereocenters. The lowest BCUT2D eigenvalue weighted by molar-refractivity contribution is 0.0988. The zero-order valence-corrected chi connectivity index (χ0v) is 22.1. The van der Waals surface area contributed by atoms with Crippen molar-refractivity contribution in [2.75, 3.05) is 33.8 Å². The number of likely N-dealkylation sites (tertiary alicyclic amines) is 1. The Bertz CT molecular complexity index is 1360. The van der Waals surface area contributed by atoms with Gasteiger partial charge in [0.2, 0.25) is 16.0 Å². The number of ether oxygens (including phenoxy) is 1. The number of pyridine rings is 1. The summed E-state index contributed by atoms with van der Waals surface area (Å²) in [7, 11) is -1.07. The number of guanidine groups is 1. The molecule has 0 bridgehead atoms. The lowest BCUT2D eigenvalue weighted by Gasteiger charge is -2.48. The minimum atomic E-state index is -3.98. The molecule has 0 amide bonds. The van der Waals surface area contributed by atoms with Crippen LogP contribution in [0.5, 0.6) is 5.75 Å². The van der Waals surface area contributed by atoms with Crippen molar-refractivity contribution in [1.29, 1.82) is 0 Å². The first-order valence-electron chi connectivity index (χ1n) is 12.4. The highest BCUT2D eigenvalue weighted by molar-refractivity contribution is 7.91. The van der Waals surface area contributed by atoms with Gasteiger partial charge >= 0.3 is 0 Å². The van der Waals surface area contributed by atoms with Crippen LogP contribution in [0.3, 0.4) is 0 Å². The summed E-state index contributed by atoms with van der Waals surface area (Å²) >= 11 is 0. The van der Waals surface area contributed by atoms with Crippen LogP contribution in [0.15, 0.2) is 41.5 Å². The maximum Gasteiger partial charge on any atom is 0.247 e. The number of aromatic nitrogens is 1. The van der Waals surface area contributed by atoms with Gasteiger partial charge in [0.15, 0.2) is 5.78 Å². The Morgan fingerprint density at radius 3 is 2.68 bits per heavy atom. The Kier molecular flexibility index (Phi) is 6.26. The van der Waals surface area contributed by atoms with Crippen LogP contribution >= 0.6 is 0 Å². The van der Waals surface area contributed by atoms with Crippen molar-refractivity contribution in [2.24, 2.45) is 16.6 Å². The van der Waals surface area contributed by atoms with Gasteiger partial charge in [-0.25, -0.2) is 27.1 Å². The fourth-order valence-corrected chi connectivity index (χ4v) is 7.79. The van der Waals surface area contributed by atoms with E-state index in [0.717, 1.165) is 23.7 Å². The van der Waals surface area contributed by atoms with Crippen molar-refractivity contribution in [2.45, 2.75) is 42.9 Å². The summed E-state index contributed by atoms with van der Waals surface area (Å²) < 4.78 is 48.1. The third kappa shape index (κ3) is 4.17. The average molecular weight is 530 g/mol. The molecule has 2 fully saturated rings. The number of rotatable bonds is 7. The second-order valence-electron chi connectivity index (χ2n) is 10.4. The number of carbonyl (C=O) groups is 1. The van der Waals surface area contributed by atoms with Gasteiger partial charge in [0.25, 0.3) is 0 Å². The van der Waals surface area contributed by atoms with E-state index in [9.17, 15) is 13.2 Å².